The Balaban J connectivity index is 2.18. The third-order valence-electron chi connectivity index (χ3n) is 3.51. The Morgan fingerprint density at radius 2 is 1.96 bits per heavy atom. The van der Waals surface area contributed by atoms with Gasteiger partial charge in [0.1, 0.15) is 11.3 Å². The number of rotatable bonds is 8. The number of carbonyl (C=O) groups is 4. The molecule has 0 aromatic heterocycles. The fourth-order valence-corrected chi connectivity index (χ4v) is 2.19. The molecule has 10 nitrogen and oxygen atoms in total. The van der Waals surface area contributed by atoms with Crippen molar-refractivity contribution in [3.05, 3.63) is 39.8 Å². The minimum atomic E-state index is -0.984. The van der Waals surface area contributed by atoms with E-state index < -0.39 is 17.8 Å². The number of amides is 2. The molecule has 0 aliphatic carbocycles. The van der Waals surface area contributed by atoms with Crippen molar-refractivity contribution in [1.29, 1.82) is 0 Å². The summed E-state index contributed by atoms with van der Waals surface area (Å²) in [5.74, 6) is -2.35. The molecule has 1 aromatic carbocycles. The minimum absolute atomic E-state index is 0.0254. The average Bonchev–Trinajstić information content (AvgIpc) is 2.93. The van der Waals surface area contributed by atoms with Crippen LogP contribution in [0.5, 0.6) is 5.75 Å². The molecule has 1 fully saturated rings. The van der Waals surface area contributed by atoms with Crippen LogP contribution in [0.2, 0.25) is 0 Å². The number of hydrogen-bond acceptors (Lipinski definition) is 7. The zero-order valence-electron chi connectivity index (χ0n) is 14.0. The van der Waals surface area contributed by atoms with E-state index in [-0.39, 0.29) is 48.7 Å². The van der Waals surface area contributed by atoms with Gasteiger partial charge in [0.05, 0.1) is 6.61 Å². The van der Waals surface area contributed by atoms with E-state index in [9.17, 15) is 19.2 Å². The Kier molecular flexibility index (Phi) is 6.29. The van der Waals surface area contributed by atoms with Crippen LogP contribution in [-0.2, 0) is 14.4 Å². The van der Waals surface area contributed by atoms with Crippen LogP contribution in [0.1, 0.15) is 46.9 Å². The molecule has 0 unspecified atom stereocenters. The molecule has 2 amide bonds. The Morgan fingerprint density at radius 1 is 1.27 bits per heavy atom. The first-order valence-corrected chi connectivity index (χ1v) is 7.80. The summed E-state index contributed by atoms with van der Waals surface area (Å²) in [7, 11) is 0. The minimum Gasteiger partial charge on any atom is -0.493 e. The first-order chi connectivity index (χ1) is 12.4. The normalized spacial score (nSPS) is 13.3. The molecular weight excluding hydrogens is 344 g/mol. The van der Waals surface area contributed by atoms with Gasteiger partial charge in [-0.25, -0.2) is 4.79 Å². The second-order valence-corrected chi connectivity index (χ2v) is 5.38. The summed E-state index contributed by atoms with van der Waals surface area (Å²) in [4.78, 5) is 54.6. The van der Waals surface area contributed by atoms with Gasteiger partial charge < -0.3 is 9.57 Å². The zero-order valence-corrected chi connectivity index (χ0v) is 14.0. The highest BCUT2D eigenvalue weighted by Crippen LogP contribution is 2.23. The van der Waals surface area contributed by atoms with Crippen LogP contribution in [0, 0.1) is 0 Å². The van der Waals surface area contributed by atoms with Crippen molar-refractivity contribution in [2.24, 2.45) is 5.11 Å². The van der Waals surface area contributed by atoms with Crippen molar-refractivity contribution in [2.45, 2.75) is 26.2 Å². The molecule has 2 rings (SSSR count). The van der Waals surface area contributed by atoms with Crippen LogP contribution < -0.4 is 4.74 Å². The van der Waals surface area contributed by atoms with E-state index in [1.54, 1.807) is 0 Å². The lowest BCUT2D eigenvalue weighted by Crippen LogP contribution is -2.32. The smallest absolute Gasteiger partial charge is 0.367 e. The summed E-state index contributed by atoms with van der Waals surface area (Å²) in [6.45, 7) is 1.71. The number of carbonyl (C=O) groups excluding carboxylic acids is 4. The standard InChI is InChI=1S/C16H16N4O6/c1-10(21)11-3-4-13(25-8-2-7-18-19-17)12(9-11)16(24)26-20-14(22)5-6-15(20)23/h3-4,9H,2,5-8H2,1H3. The highest BCUT2D eigenvalue weighted by atomic mass is 16.7. The molecule has 0 saturated carbocycles. The van der Waals surface area contributed by atoms with Gasteiger partial charge in [0.25, 0.3) is 11.8 Å². The number of ketones is 1. The third-order valence-corrected chi connectivity index (χ3v) is 3.51. The van der Waals surface area contributed by atoms with Gasteiger partial charge in [0.2, 0.25) is 0 Å². The molecule has 0 N–H and O–H groups in total. The van der Waals surface area contributed by atoms with E-state index >= 15 is 0 Å². The molecule has 1 saturated heterocycles. The van der Waals surface area contributed by atoms with Crippen LogP contribution in [0.4, 0.5) is 0 Å². The Labute approximate surface area is 148 Å². The van der Waals surface area contributed by atoms with Crippen molar-refractivity contribution < 1.29 is 28.8 Å². The molecule has 26 heavy (non-hydrogen) atoms. The van der Waals surface area contributed by atoms with Gasteiger partial charge in [-0.05, 0) is 37.1 Å². The van der Waals surface area contributed by atoms with Crippen molar-refractivity contribution in [1.82, 2.24) is 5.06 Å². The van der Waals surface area contributed by atoms with Crippen LogP contribution >= 0.6 is 0 Å². The predicted octanol–water partition coefficient (Wildman–Crippen LogP) is 2.19. The topological polar surface area (TPSA) is 139 Å². The van der Waals surface area contributed by atoms with Gasteiger partial charge in [-0.2, -0.15) is 0 Å². The second-order valence-electron chi connectivity index (χ2n) is 5.38. The number of hydroxylamine groups is 2. The molecule has 10 heteroatoms. The van der Waals surface area contributed by atoms with Gasteiger partial charge in [-0.1, -0.05) is 5.11 Å². The number of hydrogen-bond donors (Lipinski definition) is 0. The molecule has 0 bridgehead atoms. The van der Waals surface area contributed by atoms with Crippen LogP contribution in [0.3, 0.4) is 0 Å². The van der Waals surface area contributed by atoms with Crippen LogP contribution in [-0.4, -0.2) is 41.8 Å². The van der Waals surface area contributed by atoms with Gasteiger partial charge in [-0.3, -0.25) is 14.4 Å². The molecule has 1 aromatic rings. The van der Waals surface area contributed by atoms with E-state index in [2.05, 4.69) is 10.0 Å². The van der Waals surface area contributed by atoms with Crippen molar-refractivity contribution in [2.75, 3.05) is 13.2 Å². The van der Waals surface area contributed by atoms with Gasteiger partial charge in [0.15, 0.2) is 5.78 Å². The quantitative estimate of drug-likeness (QED) is 0.174. The monoisotopic (exact) mass is 360 g/mol. The summed E-state index contributed by atoms with van der Waals surface area (Å²) in [6, 6.07) is 4.18. The summed E-state index contributed by atoms with van der Waals surface area (Å²) < 4.78 is 5.47. The highest BCUT2D eigenvalue weighted by Gasteiger charge is 2.33. The Hall–Kier alpha value is -3.39. The third kappa shape index (κ3) is 4.58. The largest absolute Gasteiger partial charge is 0.493 e. The molecule has 136 valence electrons. The molecule has 1 aliphatic rings. The van der Waals surface area contributed by atoms with E-state index in [0.717, 1.165) is 0 Å². The number of azide groups is 1. The zero-order chi connectivity index (χ0) is 19.1. The van der Waals surface area contributed by atoms with Gasteiger partial charge >= 0.3 is 5.97 Å². The van der Waals surface area contributed by atoms with Crippen molar-refractivity contribution in [3.8, 4) is 5.75 Å². The fraction of sp³-hybridized carbons (Fsp3) is 0.375. The van der Waals surface area contributed by atoms with Gasteiger partial charge in [-0.15, -0.1) is 5.06 Å². The maximum atomic E-state index is 12.4. The average molecular weight is 360 g/mol. The lowest BCUT2D eigenvalue weighted by molar-refractivity contribution is -0.172. The number of imide groups is 1. The Bertz CT molecular complexity index is 784. The molecule has 0 atom stereocenters. The predicted molar refractivity (Wildman–Crippen MR) is 87.1 cm³/mol. The SMILES string of the molecule is CC(=O)c1ccc(OCCCN=[N+]=[N-])c(C(=O)ON2C(=O)CCC2=O)c1. The maximum Gasteiger partial charge on any atom is 0.367 e. The molecule has 0 spiro atoms. The van der Waals surface area contributed by atoms with E-state index in [0.29, 0.717) is 11.5 Å². The van der Waals surface area contributed by atoms with Gasteiger partial charge in [0, 0.05) is 29.9 Å². The highest BCUT2D eigenvalue weighted by molar-refractivity contribution is 6.04. The summed E-state index contributed by atoms with van der Waals surface area (Å²) in [5, 5.41) is 3.79. The summed E-state index contributed by atoms with van der Waals surface area (Å²) in [6.07, 6.45) is 0.362. The number of nitrogens with zero attached hydrogens (tertiary/aromatic N) is 4. The lowest BCUT2D eigenvalue weighted by atomic mass is 10.1. The van der Waals surface area contributed by atoms with Crippen LogP contribution in [0.25, 0.3) is 10.4 Å². The van der Waals surface area contributed by atoms with Crippen molar-refractivity contribution in [3.63, 3.8) is 0 Å². The maximum absolute atomic E-state index is 12.4. The molecule has 1 aliphatic heterocycles. The van der Waals surface area contributed by atoms with Crippen LogP contribution in [0.15, 0.2) is 23.3 Å². The Morgan fingerprint density at radius 3 is 2.58 bits per heavy atom. The fourth-order valence-electron chi connectivity index (χ4n) is 2.19. The first-order valence-electron chi connectivity index (χ1n) is 7.80. The molecule has 1 heterocycles. The van der Waals surface area contributed by atoms with E-state index in [1.165, 1.54) is 25.1 Å². The number of benzene rings is 1. The number of ether oxygens (including phenoxy) is 1. The molecule has 0 radical (unpaired) electrons. The molecular formula is C16H16N4O6. The van der Waals surface area contributed by atoms with E-state index in [4.69, 9.17) is 15.1 Å². The lowest BCUT2D eigenvalue weighted by Gasteiger charge is -2.15. The second kappa shape index (κ2) is 8.63. The summed E-state index contributed by atoms with van der Waals surface area (Å²) >= 11 is 0. The van der Waals surface area contributed by atoms with Crippen molar-refractivity contribution >= 4 is 23.6 Å². The number of Topliss-reactive ketones (excluding diaryl/α,β-unsaturated/α-hetero) is 1. The first kappa shape index (κ1) is 18.9. The summed E-state index contributed by atoms with van der Waals surface area (Å²) in [5.41, 5.74) is 8.38. The van der Waals surface area contributed by atoms with E-state index in [1.807, 2.05) is 0 Å².